The summed E-state index contributed by atoms with van der Waals surface area (Å²) in [6, 6.07) is 59.2. The van der Waals surface area contributed by atoms with E-state index in [-0.39, 0.29) is 0 Å². The third kappa shape index (κ3) is 4.66. The maximum absolute atomic E-state index is 5.26. The van der Waals surface area contributed by atoms with Gasteiger partial charge in [0.2, 0.25) is 5.95 Å². The van der Waals surface area contributed by atoms with Gasteiger partial charge in [-0.2, -0.15) is 9.97 Å². The van der Waals surface area contributed by atoms with Gasteiger partial charge in [0, 0.05) is 27.3 Å². The van der Waals surface area contributed by atoms with E-state index < -0.39 is 0 Å². The quantitative estimate of drug-likeness (QED) is 0.197. The van der Waals surface area contributed by atoms with Crippen molar-refractivity contribution in [1.82, 2.24) is 19.5 Å². The van der Waals surface area contributed by atoms with Crippen LogP contribution < -0.4 is 0 Å². The largest absolute Gasteiger partial charge is 0.278 e. The zero-order valence-corrected chi connectivity index (χ0v) is 25.5. The molecular formula is C43H28N4. The molecule has 0 aliphatic heterocycles. The summed E-state index contributed by atoms with van der Waals surface area (Å²) in [5.74, 6) is 1.84. The third-order valence-corrected chi connectivity index (χ3v) is 8.88. The maximum Gasteiger partial charge on any atom is 0.238 e. The molecule has 0 N–H and O–H groups in total. The van der Waals surface area contributed by atoms with Crippen LogP contribution in [-0.2, 0) is 0 Å². The van der Waals surface area contributed by atoms with E-state index in [0.29, 0.717) is 17.6 Å². The van der Waals surface area contributed by atoms with Crippen LogP contribution in [0.1, 0.15) is 0 Å². The average Bonchev–Trinajstić information content (AvgIpc) is 3.49. The lowest BCUT2D eigenvalue weighted by Gasteiger charge is -2.14. The predicted octanol–water partition coefficient (Wildman–Crippen LogP) is 10.8. The highest BCUT2D eigenvalue weighted by Gasteiger charge is 2.19. The molecule has 0 bridgehead atoms. The molecule has 9 rings (SSSR count). The highest BCUT2D eigenvalue weighted by molar-refractivity contribution is 6.09. The van der Waals surface area contributed by atoms with E-state index in [2.05, 4.69) is 168 Å². The molecule has 4 nitrogen and oxygen atoms in total. The van der Waals surface area contributed by atoms with Crippen LogP contribution >= 0.6 is 0 Å². The Morgan fingerprint density at radius 1 is 0.340 bits per heavy atom. The molecule has 0 spiro atoms. The van der Waals surface area contributed by atoms with Crippen LogP contribution in [-0.4, -0.2) is 19.5 Å². The molecule has 9 aromatic rings. The summed E-state index contributed by atoms with van der Waals surface area (Å²) in [4.78, 5) is 15.6. The van der Waals surface area contributed by atoms with E-state index in [9.17, 15) is 0 Å². The van der Waals surface area contributed by atoms with Crippen LogP contribution in [0.4, 0.5) is 0 Å². The lowest BCUT2D eigenvalue weighted by atomic mass is 9.94. The summed E-state index contributed by atoms with van der Waals surface area (Å²) >= 11 is 0. The molecule has 0 atom stereocenters. The van der Waals surface area contributed by atoms with Crippen molar-refractivity contribution in [2.24, 2.45) is 0 Å². The van der Waals surface area contributed by atoms with Gasteiger partial charge in [-0.1, -0.05) is 158 Å². The SMILES string of the molecule is c1ccc(-c2ccc(-c3nc(-c4cccc5cccc(-c6ccccc6)c45)nc(-n4c5ccccc5c5ccccc54)n3)cc2)cc1. The molecule has 220 valence electrons. The molecule has 0 amide bonds. The van der Waals surface area contributed by atoms with E-state index in [1.54, 1.807) is 0 Å². The van der Waals surface area contributed by atoms with Crippen molar-refractivity contribution < 1.29 is 0 Å². The van der Waals surface area contributed by atoms with Crippen molar-refractivity contribution in [3.8, 4) is 51.0 Å². The number of para-hydroxylation sites is 2. The minimum absolute atomic E-state index is 0.587. The lowest BCUT2D eigenvalue weighted by Crippen LogP contribution is -2.06. The fourth-order valence-electron chi connectivity index (χ4n) is 6.68. The number of rotatable bonds is 5. The van der Waals surface area contributed by atoms with E-state index in [1.807, 2.05) is 6.07 Å². The Balaban J connectivity index is 1.32. The molecule has 4 heteroatoms. The van der Waals surface area contributed by atoms with Crippen molar-refractivity contribution in [2.45, 2.75) is 0 Å². The molecule has 0 saturated carbocycles. The normalized spacial score (nSPS) is 11.4. The number of hydrogen-bond donors (Lipinski definition) is 0. The van der Waals surface area contributed by atoms with Gasteiger partial charge in [0.05, 0.1) is 11.0 Å². The van der Waals surface area contributed by atoms with Crippen LogP contribution in [0.3, 0.4) is 0 Å². The number of benzene rings is 7. The summed E-state index contributed by atoms with van der Waals surface area (Å²) in [6.45, 7) is 0. The van der Waals surface area contributed by atoms with Gasteiger partial charge >= 0.3 is 0 Å². The standard InChI is InChI=1S/C43H28N4/c1-3-13-29(14-4-1)30-25-27-33(28-26-30)41-44-42(37-22-12-18-32-17-11-21-34(40(32)37)31-15-5-2-6-16-31)46-43(45-41)47-38-23-9-7-19-35(38)36-20-8-10-24-39(36)47/h1-28H. The van der Waals surface area contributed by atoms with Crippen LogP contribution in [0.25, 0.3) is 83.6 Å². The van der Waals surface area contributed by atoms with Crippen molar-refractivity contribution in [3.63, 3.8) is 0 Å². The molecule has 47 heavy (non-hydrogen) atoms. The van der Waals surface area contributed by atoms with Crippen molar-refractivity contribution >= 4 is 32.6 Å². The van der Waals surface area contributed by atoms with Crippen molar-refractivity contribution in [1.29, 1.82) is 0 Å². The van der Waals surface area contributed by atoms with E-state index >= 15 is 0 Å². The Kier molecular flexibility index (Phi) is 6.43. The Morgan fingerprint density at radius 2 is 0.851 bits per heavy atom. The Bertz CT molecular complexity index is 2490. The predicted molar refractivity (Wildman–Crippen MR) is 193 cm³/mol. The van der Waals surface area contributed by atoms with Gasteiger partial charge < -0.3 is 0 Å². The van der Waals surface area contributed by atoms with Gasteiger partial charge in [0.15, 0.2) is 11.6 Å². The second-order valence-electron chi connectivity index (χ2n) is 11.7. The molecule has 2 heterocycles. The lowest BCUT2D eigenvalue weighted by molar-refractivity contribution is 0.954. The van der Waals surface area contributed by atoms with Gasteiger partial charge in [0.1, 0.15) is 0 Å². The van der Waals surface area contributed by atoms with Crippen LogP contribution in [0.15, 0.2) is 170 Å². The molecule has 0 fully saturated rings. The Labute approximate surface area is 272 Å². The highest BCUT2D eigenvalue weighted by atomic mass is 15.2. The fourth-order valence-corrected chi connectivity index (χ4v) is 6.68. The number of nitrogens with zero attached hydrogens (tertiary/aromatic N) is 4. The number of aromatic nitrogens is 4. The first-order valence-corrected chi connectivity index (χ1v) is 15.8. The van der Waals surface area contributed by atoms with Gasteiger partial charge in [-0.3, -0.25) is 4.57 Å². The highest BCUT2D eigenvalue weighted by Crippen LogP contribution is 2.37. The maximum atomic E-state index is 5.26. The first-order chi connectivity index (χ1) is 23.3. The van der Waals surface area contributed by atoms with Crippen molar-refractivity contribution in [3.05, 3.63) is 170 Å². The smallest absolute Gasteiger partial charge is 0.238 e. The molecule has 0 aliphatic rings. The molecule has 7 aromatic carbocycles. The molecule has 2 aromatic heterocycles. The topological polar surface area (TPSA) is 43.6 Å². The molecule has 0 radical (unpaired) electrons. The molecular weight excluding hydrogens is 573 g/mol. The summed E-state index contributed by atoms with van der Waals surface area (Å²) in [5.41, 5.74) is 8.62. The Morgan fingerprint density at radius 3 is 1.51 bits per heavy atom. The summed E-state index contributed by atoms with van der Waals surface area (Å²) in [5, 5.41) is 4.58. The zero-order valence-electron chi connectivity index (χ0n) is 25.5. The van der Waals surface area contributed by atoms with Crippen LogP contribution in [0.2, 0.25) is 0 Å². The van der Waals surface area contributed by atoms with E-state index in [4.69, 9.17) is 15.0 Å². The van der Waals surface area contributed by atoms with Gasteiger partial charge in [-0.25, -0.2) is 4.98 Å². The molecule has 0 unspecified atom stereocenters. The summed E-state index contributed by atoms with van der Waals surface area (Å²) in [6.07, 6.45) is 0. The van der Waals surface area contributed by atoms with Gasteiger partial charge in [0.25, 0.3) is 0 Å². The third-order valence-electron chi connectivity index (χ3n) is 8.88. The summed E-state index contributed by atoms with van der Waals surface area (Å²) in [7, 11) is 0. The number of fused-ring (bicyclic) bond motifs is 4. The van der Waals surface area contributed by atoms with Crippen LogP contribution in [0, 0.1) is 0 Å². The fraction of sp³-hybridized carbons (Fsp3) is 0. The van der Waals surface area contributed by atoms with E-state index in [1.165, 1.54) is 5.56 Å². The zero-order chi connectivity index (χ0) is 31.2. The minimum atomic E-state index is 0.587. The summed E-state index contributed by atoms with van der Waals surface area (Å²) < 4.78 is 2.17. The number of hydrogen-bond acceptors (Lipinski definition) is 3. The first kappa shape index (κ1) is 27.0. The second-order valence-corrected chi connectivity index (χ2v) is 11.7. The van der Waals surface area contributed by atoms with E-state index in [0.717, 1.165) is 60.4 Å². The Hall–Kier alpha value is -6.39. The van der Waals surface area contributed by atoms with Crippen molar-refractivity contribution in [2.75, 3.05) is 0 Å². The molecule has 0 saturated heterocycles. The van der Waals surface area contributed by atoms with Crippen LogP contribution in [0.5, 0.6) is 0 Å². The average molecular weight is 601 g/mol. The van der Waals surface area contributed by atoms with Gasteiger partial charge in [-0.05, 0) is 39.8 Å². The monoisotopic (exact) mass is 600 g/mol. The van der Waals surface area contributed by atoms with Gasteiger partial charge in [-0.15, -0.1) is 0 Å². The molecule has 0 aliphatic carbocycles. The minimum Gasteiger partial charge on any atom is -0.278 e. The second kappa shape index (κ2) is 11.2. The first-order valence-electron chi connectivity index (χ1n) is 15.8.